The fourth-order valence-corrected chi connectivity index (χ4v) is 1.21. The third kappa shape index (κ3) is 4.67. The summed E-state index contributed by atoms with van der Waals surface area (Å²) in [6.07, 6.45) is 1.00. The molecular formula is C11H18N4O2. The number of carbonyl (C=O) groups is 1. The standard InChI is InChI=1S/C11H18N4O2/c1-4-5-12-11-14-8(2)6-9(15-11)13-7-10(16)17-3/h6H,4-5,7H2,1-3H3,(H2,12,13,14,15). The van der Waals surface area contributed by atoms with Gasteiger partial charge in [-0.15, -0.1) is 0 Å². The van der Waals surface area contributed by atoms with Gasteiger partial charge in [-0.3, -0.25) is 4.79 Å². The number of hydrogen-bond acceptors (Lipinski definition) is 6. The molecule has 6 heteroatoms. The second-order valence-corrected chi connectivity index (χ2v) is 3.57. The van der Waals surface area contributed by atoms with Crippen molar-refractivity contribution in [3.8, 4) is 0 Å². The van der Waals surface area contributed by atoms with Crippen LogP contribution < -0.4 is 10.6 Å². The van der Waals surface area contributed by atoms with E-state index >= 15 is 0 Å². The Labute approximate surface area is 101 Å². The maximum atomic E-state index is 11.0. The van der Waals surface area contributed by atoms with Crippen molar-refractivity contribution < 1.29 is 9.53 Å². The molecular weight excluding hydrogens is 220 g/mol. The van der Waals surface area contributed by atoms with Gasteiger partial charge >= 0.3 is 5.97 Å². The Morgan fingerprint density at radius 3 is 2.82 bits per heavy atom. The van der Waals surface area contributed by atoms with Crippen LogP contribution in [0.2, 0.25) is 0 Å². The molecule has 0 atom stereocenters. The van der Waals surface area contributed by atoms with Crippen LogP contribution in [0.4, 0.5) is 11.8 Å². The number of rotatable bonds is 6. The van der Waals surface area contributed by atoms with Crippen molar-refractivity contribution in [1.82, 2.24) is 9.97 Å². The van der Waals surface area contributed by atoms with Crippen LogP contribution in [-0.2, 0) is 9.53 Å². The third-order valence-electron chi connectivity index (χ3n) is 2.03. The summed E-state index contributed by atoms with van der Waals surface area (Å²) in [5, 5.41) is 5.99. The molecule has 0 aliphatic heterocycles. The fourth-order valence-electron chi connectivity index (χ4n) is 1.21. The number of nitrogens with zero attached hydrogens (tertiary/aromatic N) is 2. The highest BCUT2D eigenvalue weighted by Crippen LogP contribution is 2.09. The van der Waals surface area contributed by atoms with Crippen molar-refractivity contribution in [2.75, 3.05) is 30.8 Å². The van der Waals surface area contributed by atoms with E-state index in [1.54, 1.807) is 6.07 Å². The second-order valence-electron chi connectivity index (χ2n) is 3.57. The minimum atomic E-state index is -0.329. The average Bonchev–Trinajstić information content (AvgIpc) is 2.32. The lowest BCUT2D eigenvalue weighted by atomic mass is 10.4. The molecule has 1 aromatic rings. The van der Waals surface area contributed by atoms with Gasteiger partial charge in [-0.1, -0.05) is 6.92 Å². The number of methoxy groups -OCH3 is 1. The summed E-state index contributed by atoms with van der Waals surface area (Å²) in [4.78, 5) is 19.5. The summed E-state index contributed by atoms with van der Waals surface area (Å²) < 4.78 is 4.54. The summed E-state index contributed by atoms with van der Waals surface area (Å²) in [6.45, 7) is 4.86. The monoisotopic (exact) mass is 238 g/mol. The van der Waals surface area contributed by atoms with Crippen molar-refractivity contribution in [2.24, 2.45) is 0 Å². The van der Waals surface area contributed by atoms with Crippen LogP contribution in [0.1, 0.15) is 19.0 Å². The van der Waals surface area contributed by atoms with Crippen LogP contribution >= 0.6 is 0 Å². The van der Waals surface area contributed by atoms with E-state index in [-0.39, 0.29) is 12.5 Å². The molecule has 94 valence electrons. The molecule has 17 heavy (non-hydrogen) atoms. The van der Waals surface area contributed by atoms with Gasteiger partial charge in [0.1, 0.15) is 12.4 Å². The summed E-state index contributed by atoms with van der Waals surface area (Å²) in [5.41, 5.74) is 0.839. The van der Waals surface area contributed by atoms with Gasteiger partial charge in [0.15, 0.2) is 0 Å². The van der Waals surface area contributed by atoms with Crippen LogP contribution in [0.25, 0.3) is 0 Å². The molecule has 0 saturated carbocycles. The normalized spacial score (nSPS) is 9.82. The quantitative estimate of drug-likeness (QED) is 0.725. The van der Waals surface area contributed by atoms with Crippen molar-refractivity contribution in [3.63, 3.8) is 0 Å². The van der Waals surface area contributed by atoms with Crippen LogP contribution in [0.3, 0.4) is 0 Å². The number of esters is 1. The second kappa shape index (κ2) is 6.67. The molecule has 0 bridgehead atoms. The molecule has 0 radical (unpaired) electrons. The number of nitrogens with one attached hydrogen (secondary N) is 2. The topological polar surface area (TPSA) is 76.1 Å². The first-order valence-corrected chi connectivity index (χ1v) is 5.56. The van der Waals surface area contributed by atoms with Gasteiger partial charge in [0.25, 0.3) is 0 Å². The largest absolute Gasteiger partial charge is 0.468 e. The first kappa shape index (κ1) is 13.2. The Balaban J connectivity index is 2.65. The smallest absolute Gasteiger partial charge is 0.325 e. The lowest BCUT2D eigenvalue weighted by Crippen LogP contribution is -2.16. The van der Waals surface area contributed by atoms with Crippen molar-refractivity contribution in [3.05, 3.63) is 11.8 Å². The van der Waals surface area contributed by atoms with Crippen LogP contribution in [0.5, 0.6) is 0 Å². The number of hydrogen-bond donors (Lipinski definition) is 2. The summed E-state index contributed by atoms with van der Waals surface area (Å²) >= 11 is 0. The van der Waals surface area contributed by atoms with Crippen LogP contribution in [0.15, 0.2) is 6.07 Å². The maximum absolute atomic E-state index is 11.0. The summed E-state index contributed by atoms with van der Waals surface area (Å²) in [5.74, 6) is 0.852. The summed E-state index contributed by atoms with van der Waals surface area (Å²) in [7, 11) is 1.35. The van der Waals surface area contributed by atoms with Gasteiger partial charge < -0.3 is 15.4 Å². The average molecular weight is 238 g/mol. The summed E-state index contributed by atoms with van der Waals surface area (Å²) in [6, 6.07) is 1.78. The first-order valence-electron chi connectivity index (χ1n) is 5.56. The first-order chi connectivity index (χ1) is 8.15. The number of aromatic nitrogens is 2. The Morgan fingerprint density at radius 1 is 1.41 bits per heavy atom. The predicted octanol–water partition coefficient (Wildman–Crippen LogP) is 1.19. The van der Waals surface area contributed by atoms with Crippen LogP contribution in [-0.4, -0.2) is 36.1 Å². The van der Waals surface area contributed by atoms with Gasteiger partial charge in [-0.05, 0) is 13.3 Å². The fraction of sp³-hybridized carbons (Fsp3) is 0.545. The van der Waals surface area contributed by atoms with E-state index in [4.69, 9.17) is 0 Å². The van der Waals surface area contributed by atoms with Gasteiger partial charge in [0.2, 0.25) is 5.95 Å². The lowest BCUT2D eigenvalue weighted by molar-refractivity contribution is -0.138. The maximum Gasteiger partial charge on any atom is 0.325 e. The molecule has 6 nitrogen and oxygen atoms in total. The van der Waals surface area contributed by atoms with Gasteiger partial charge in [-0.25, -0.2) is 4.98 Å². The SMILES string of the molecule is CCCNc1nc(C)cc(NCC(=O)OC)n1. The Kier molecular flexibility index (Phi) is 5.19. The number of ether oxygens (including phenoxy) is 1. The van der Waals surface area contributed by atoms with E-state index in [0.29, 0.717) is 11.8 Å². The minimum Gasteiger partial charge on any atom is -0.468 e. The number of anilines is 2. The van der Waals surface area contributed by atoms with E-state index in [1.165, 1.54) is 7.11 Å². The molecule has 0 saturated heterocycles. The molecule has 2 N–H and O–H groups in total. The van der Waals surface area contributed by atoms with Crippen molar-refractivity contribution >= 4 is 17.7 Å². The van der Waals surface area contributed by atoms with Crippen molar-refractivity contribution in [2.45, 2.75) is 20.3 Å². The van der Waals surface area contributed by atoms with Crippen LogP contribution in [0, 0.1) is 6.92 Å². The molecule has 0 aliphatic rings. The van der Waals surface area contributed by atoms with Gasteiger partial charge in [-0.2, -0.15) is 4.98 Å². The zero-order valence-electron chi connectivity index (χ0n) is 10.4. The zero-order valence-corrected chi connectivity index (χ0v) is 10.4. The Bertz CT molecular complexity index is 382. The predicted molar refractivity (Wildman–Crippen MR) is 66.1 cm³/mol. The van der Waals surface area contributed by atoms with Gasteiger partial charge in [0.05, 0.1) is 7.11 Å². The molecule has 0 aliphatic carbocycles. The highest BCUT2D eigenvalue weighted by Gasteiger charge is 2.04. The van der Waals surface area contributed by atoms with E-state index < -0.39 is 0 Å². The molecule has 1 aromatic heterocycles. The highest BCUT2D eigenvalue weighted by molar-refractivity contribution is 5.74. The highest BCUT2D eigenvalue weighted by atomic mass is 16.5. The molecule has 0 fully saturated rings. The lowest BCUT2D eigenvalue weighted by Gasteiger charge is -2.08. The third-order valence-corrected chi connectivity index (χ3v) is 2.03. The van der Waals surface area contributed by atoms with Crippen molar-refractivity contribution in [1.29, 1.82) is 0 Å². The molecule has 0 unspecified atom stereocenters. The van der Waals surface area contributed by atoms with E-state index in [1.807, 2.05) is 6.92 Å². The number of aryl methyl sites for hydroxylation is 1. The Morgan fingerprint density at radius 2 is 2.18 bits per heavy atom. The molecule has 1 rings (SSSR count). The zero-order chi connectivity index (χ0) is 12.7. The number of carbonyl (C=O) groups excluding carboxylic acids is 1. The molecule has 0 spiro atoms. The Hall–Kier alpha value is -1.85. The molecule has 0 amide bonds. The van der Waals surface area contributed by atoms with E-state index in [9.17, 15) is 4.79 Å². The molecule has 0 aromatic carbocycles. The van der Waals surface area contributed by atoms with E-state index in [2.05, 4.69) is 32.3 Å². The molecule has 1 heterocycles. The van der Waals surface area contributed by atoms with Gasteiger partial charge in [0, 0.05) is 18.3 Å². The minimum absolute atomic E-state index is 0.0974. The van der Waals surface area contributed by atoms with E-state index in [0.717, 1.165) is 18.7 Å².